The summed E-state index contributed by atoms with van der Waals surface area (Å²) >= 11 is 3.49. The van der Waals surface area contributed by atoms with Gasteiger partial charge in [-0.05, 0) is 35.9 Å². The van der Waals surface area contributed by atoms with Crippen molar-refractivity contribution in [2.45, 2.75) is 5.92 Å². The molecule has 1 unspecified atom stereocenters. The number of hydrogen-bond donors (Lipinski definition) is 1. The Morgan fingerprint density at radius 3 is 2.61 bits per heavy atom. The maximum absolute atomic E-state index is 5.92. The van der Waals surface area contributed by atoms with Crippen LogP contribution in [0.5, 0.6) is 5.75 Å². The largest absolute Gasteiger partial charge is 0.496 e. The van der Waals surface area contributed by atoms with E-state index in [1.165, 1.54) is 0 Å². The van der Waals surface area contributed by atoms with Crippen molar-refractivity contribution in [2.75, 3.05) is 13.7 Å². The second kappa shape index (κ2) is 5.98. The lowest BCUT2D eigenvalue weighted by Gasteiger charge is -2.19. The number of halogens is 1. The van der Waals surface area contributed by atoms with E-state index in [1.54, 1.807) is 19.5 Å². The van der Waals surface area contributed by atoms with Crippen molar-refractivity contribution < 1.29 is 4.74 Å². The van der Waals surface area contributed by atoms with Crippen molar-refractivity contribution in [3.63, 3.8) is 0 Å². The maximum atomic E-state index is 5.92. The molecule has 1 atom stereocenters. The average Bonchev–Trinajstić information content (AvgIpc) is 2.41. The molecule has 0 spiro atoms. The Morgan fingerprint density at radius 2 is 2.00 bits per heavy atom. The maximum Gasteiger partial charge on any atom is 0.122 e. The zero-order valence-electron chi connectivity index (χ0n) is 10.1. The number of ether oxygens (including phenoxy) is 1. The van der Waals surface area contributed by atoms with E-state index in [9.17, 15) is 0 Å². The molecule has 0 aliphatic rings. The molecule has 1 aromatic carbocycles. The Kier molecular flexibility index (Phi) is 4.33. The minimum Gasteiger partial charge on any atom is -0.496 e. The van der Waals surface area contributed by atoms with Crippen molar-refractivity contribution in [2.24, 2.45) is 5.73 Å². The summed E-state index contributed by atoms with van der Waals surface area (Å²) < 4.78 is 6.43. The van der Waals surface area contributed by atoms with E-state index in [-0.39, 0.29) is 5.92 Å². The first-order chi connectivity index (χ1) is 8.76. The lowest BCUT2D eigenvalue weighted by atomic mass is 9.91. The minimum absolute atomic E-state index is 0.112. The normalized spacial score (nSPS) is 12.2. The van der Waals surface area contributed by atoms with E-state index in [1.807, 2.05) is 24.3 Å². The third kappa shape index (κ3) is 2.71. The van der Waals surface area contributed by atoms with Gasteiger partial charge in [0.1, 0.15) is 5.75 Å². The SMILES string of the molecule is COc1ccc(Br)cc1C(CN)c1ccncc1. The molecule has 0 aliphatic heterocycles. The van der Waals surface area contributed by atoms with Crippen LogP contribution in [-0.2, 0) is 0 Å². The Labute approximate surface area is 115 Å². The van der Waals surface area contributed by atoms with Crippen LogP contribution in [0.3, 0.4) is 0 Å². The highest BCUT2D eigenvalue weighted by atomic mass is 79.9. The Bertz CT molecular complexity index is 516. The third-order valence-corrected chi connectivity index (χ3v) is 3.40. The summed E-state index contributed by atoms with van der Waals surface area (Å²) in [5.41, 5.74) is 8.15. The van der Waals surface area contributed by atoms with Gasteiger partial charge in [-0.15, -0.1) is 0 Å². The molecule has 0 bridgehead atoms. The molecule has 0 radical (unpaired) electrons. The fourth-order valence-electron chi connectivity index (χ4n) is 2.02. The predicted molar refractivity (Wildman–Crippen MR) is 75.8 cm³/mol. The molecule has 2 aromatic rings. The number of hydrogen-bond acceptors (Lipinski definition) is 3. The molecular weight excluding hydrogens is 292 g/mol. The zero-order valence-corrected chi connectivity index (χ0v) is 11.7. The molecule has 4 heteroatoms. The molecule has 1 heterocycles. The first-order valence-corrected chi connectivity index (χ1v) is 6.49. The van der Waals surface area contributed by atoms with E-state index in [2.05, 4.69) is 27.0 Å². The molecule has 1 aromatic heterocycles. The first-order valence-electron chi connectivity index (χ1n) is 5.69. The summed E-state index contributed by atoms with van der Waals surface area (Å²) in [5.74, 6) is 0.964. The summed E-state index contributed by atoms with van der Waals surface area (Å²) in [6.07, 6.45) is 3.56. The van der Waals surface area contributed by atoms with Crippen LogP contribution in [0.15, 0.2) is 47.2 Å². The van der Waals surface area contributed by atoms with Crippen molar-refractivity contribution >= 4 is 15.9 Å². The molecule has 0 saturated heterocycles. The van der Waals surface area contributed by atoms with Gasteiger partial charge in [0.05, 0.1) is 7.11 Å². The molecule has 0 saturated carbocycles. The molecule has 2 N–H and O–H groups in total. The number of nitrogens with two attached hydrogens (primary N) is 1. The summed E-state index contributed by atoms with van der Waals surface area (Å²) in [4.78, 5) is 4.03. The molecule has 0 amide bonds. The second-order valence-electron chi connectivity index (χ2n) is 3.96. The van der Waals surface area contributed by atoms with Crippen LogP contribution in [0.1, 0.15) is 17.0 Å². The summed E-state index contributed by atoms with van der Waals surface area (Å²) in [6, 6.07) is 9.93. The fraction of sp³-hybridized carbons (Fsp3) is 0.214. The van der Waals surface area contributed by atoms with Crippen LogP contribution in [0.4, 0.5) is 0 Å². The smallest absolute Gasteiger partial charge is 0.122 e. The number of pyridine rings is 1. The van der Waals surface area contributed by atoms with Gasteiger partial charge >= 0.3 is 0 Å². The quantitative estimate of drug-likeness (QED) is 0.945. The predicted octanol–water partition coefficient (Wildman–Crippen LogP) is 2.94. The number of benzene rings is 1. The Balaban J connectivity index is 2.48. The Hall–Kier alpha value is -1.39. The summed E-state index contributed by atoms with van der Waals surface area (Å²) in [7, 11) is 1.67. The van der Waals surface area contributed by atoms with E-state index >= 15 is 0 Å². The highest BCUT2D eigenvalue weighted by Crippen LogP contribution is 2.33. The van der Waals surface area contributed by atoms with Gasteiger partial charge in [-0.3, -0.25) is 4.98 Å². The van der Waals surface area contributed by atoms with Gasteiger partial charge in [-0.2, -0.15) is 0 Å². The Morgan fingerprint density at radius 1 is 1.28 bits per heavy atom. The van der Waals surface area contributed by atoms with Crippen molar-refractivity contribution in [1.29, 1.82) is 0 Å². The van der Waals surface area contributed by atoms with E-state index in [0.717, 1.165) is 21.3 Å². The van der Waals surface area contributed by atoms with Gasteiger partial charge in [0.2, 0.25) is 0 Å². The lowest BCUT2D eigenvalue weighted by molar-refractivity contribution is 0.407. The van der Waals surface area contributed by atoms with Gasteiger partial charge < -0.3 is 10.5 Å². The highest BCUT2D eigenvalue weighted by Gasteiger charge is 2.17. The topological polar surface area (TPSA) is 48.1 Å². The number of rotatable bonds is 4. The molecule has 0 fully saturated rings. The van der Waals surface area contributed by atoms with Crippen LogP contribution >= 0.6 is 15.9 Å². The number of methoxy groups -OCH3 is 1. The molecule has 3 nitrogen and oxygen atoms in total. The van der Waals surface area contributed by atoms with Crippen LogP contribution in [0.25, 0.3) is 0 Å². The first kappa shape index (κ1) is 13.1. The van der Waals surface area contributed by atoms with E-state index in [0.29, 0.717) is 6.54 Å². The van der Waals surface area contributed by atoms with Gasteiger partial charge in [-0.25, -0.2) is 0 Å². The molecule has 0 aliphatic carbocycles. The summed E-state index contributed by atoms with van der Waals surface area (Å²) in [6.45, 7) is 0.525. The van der Waals surface area contributed by atoms with Crippen LogP contribution in [-0.4, -0.2) is 18.6 Å². The second-order valence-corrected chi connectivity index (χ2v) is 4.87. The van der Waals surface area contributed by atoms with Gasteiger partial charge in [0.25, 0.3) is 0 Å². The van der Waals surface area contributed by atoms with E-state index < -0.39 is 0 Å². The monoisotopic (exact) mass is 306 g/mol. The highest BCUT2D eigenvalue weighted by molar-refractivity contribution is 9.10. The fourth-order valence-corrected chi connectivity index (χ4v) is 2.39. The molecule has 2 rings (SSSR count). The van der Waals surface area contributed by atoms with Crippen molar-refractivity contribution in [3.05, 3.63) is 58.3 Å². The van der Waals surface area contributed by atoms with Gasteiger partial charge in [0, 0.05) is 34.9 Å². The number of nitrogens with zero attached hydrogens (tertiary/aromatic N) is 1. The standard InChI is InChI=1S/C14H15BrN2O/c1-18-14-3-2-11(15)8-12(14)13(9-16)10-4-6-17-7-5-10/h2-8,13H,9,16H2,1H3. The van der Waals surface area contributed by atoms with Gasteiger partial charge in [0.15, 0.2) is 0 Å². The van der Waals surface area contributed by atoms with Gasteiger partial charge in [-0.1, -0.05) is 15.9 Å². The van der Waals surface area contributed by atoms with Crippen molar-refractivity contribution in [3.8, 4) is 5.75 Å². The zero-order chi connectivity index (χ0) is 13.0. The summed E-state index contributed by atoms with van der Waals surface area (Å²) in [5, 5.41) is 0. The van der Waals surface area contributed by atoms with Crippen LogP contribution in [0.2, 0.25) is 0 Å². The average molecular weight is 307 g/mol. The molecule has 94 valence electrons. The third-order valence-electron chi connectivity index (χ3n) is 2.91. The van der Waals surface area contributed by atoms with E-state index in [4.69, 9.17) is 10.5 Å². The molecule has 18 heavy (non-hydrogen) atoms. The minimum atomic E-state index is 0.112. The van der Waals surface area contributed by atoms with Crippen LogP contribution < -0.4 is 10.5 Å². The lowest BCUT2D eigenvalue weighted by Crippen LogP contribution is -2.14. The van der Waals surface area contributed by atoms with Crippen LogP contribution in [0, 0.1) is 0 Å². The number of aromatic nitrogens is 1. The molecular formula is C14H15BrN2O. The van der Waals surface area contributed by atoms with Crippen molar-refractivity contribution in [1.82, 2.24) is 4.98 Å².